The van der Waals surface area contributed by atoms with Crippen molar-refractivity contribution in [3.63, 3.8) is 0 Å². The summed E-state index contributed by atoms with van der Waals surface area (Å²) in [7, 11) is 1.10. The zero-order valence-corrected chi connectivity index (χ0v) is 18.0. The molecular weight excluding hydrogens is 486 g/mol. The van der Waals surface area contributed by atoms with Gasteiger partial charge in [0.2, 0.25) is 0 Å². The van der Waals surface area contributed by atoms with Crippen molar-refractivity contribution in [1.29, 1.82) is 0 Å². The lowest BCUT2D eigenvalue weighted by Crippen LogP contribution is -2.18. The predicted octanol–water partition coefficient (Wildman–Crippen LogP) is 4.46. The molecule has 0 spiro atoms. The van der Waals surface area contributed by atoms with Gasteiger partial charge in [0.1, 0.15) is 18.0 Å². The van der Waals surface area contributed by atoms with Crippen molar-refractivity contribution < 1.29 is 45.4 Å². The number of amides is 1. The maximum atomic E-state index is 12.9. The van der Waals surface area contributed by atoms with Crippen LogP contribution < -0.4 is 5.32 Å². The third-order valence-corrected chi connectivity index (χ3v) is 4.56. The summed E-state index contributed by atoms with van der Waals surface area (Å²) in [5.41, 5.74) is -1.63. The number of anilines is 1. The number of alkyl halides is 6. The second-order valence-electron chi connectivity index (χ2n) is 7.22. The van der Waals surface area contributed by atoms with E-state index in [0.29, 0.717) is 17.0 Å². The number of carbonyl (C=O) groups is 2. The van der Waals surface area contributed by atoms with Gasteiger partial charge in [-0.25, -0.2) is 9.78 Å². The Morgan fingerprint density at radius 2 is 1.86 bits per heavy atom. The third-order valence-electron chi connectivity index (χ3n) is 4.56. The van der Waals surface area contributed by atoms with Crippen LogP contribution in [0.1, 0.15) is 33.0 Å². The minimum atomic E-state index is -4.75. The van der Waals surface area contributed by atoms with Gasteiger partial charge in [0, 0.05) is 24.7 Å². The van der Waals surface area contributed by atoms with Crippen molar-refractivity contribution in [2.24, 2.45) is 0 Å². The molecule has 3 aromatic rings. The lowest BCUT2D eigenvalue weighted by atomic mass is 10.1. The van der Waals surface area contributed by atoms with Gasteiger partial charge >= 0.3 is 18.3 Å². The van der Waals surface area contributed by atoms with Crippen LogP contribution in [0, 0.1) is 0 Å². The molecule has 0 radical (unpaired) electrons. The van der Waals surface area contributed by atoms with Crippen molar-refractivity contribution in [3.05, 3.63) is 53.5 Å². The summed E-state index contributed by atoms with van der Waals surface area (Å²) in [4.78, 5) is 28.1. The predicted molar refractivity (Wildman–Crippen MR) is 110 cm³/mol. The molecule has 1 amide bonds. The van der Waals surface area contributed by atoms with E-state index < -0.39 is 42.2 Å². The highest BCUT2D eigenvalue weighted by molar-refractivity contribution is 6.09. The average Bonchev–Trinajstić information content (AvgIpc) is 3.18. The molecule has 0 aliphatic carbocycles. The number of hydrogen-bond donors (Lipinski definition) is 1. The summed E-state index contributed by atoms with van der Waals surface area (Å²) < 4.78 is 85.8. The molecule has 8 nitrogen and oxygen atoms in total. The molecule has 2 aromatic heterocycles. The summed E-state index contributed by atoms with van der Waals surface area (Å²) in [6, 6.07) is 5.51. The molecule has 0 saturated heterocycles. The summed E-state index contributed by atoms with van der Waals surface area (Å²) in [5.74, 6) is -1.83. The van der Waals surface area contributed by atoms with E-state index in [-0.39, 0.29) is 30.8 Å². The SMILES string of the molecule is COC(=O)c1cc2nn(CCCOCC(F)(F)F)cc2cc1NC(=O)c1cccc(C(F)(F)F)n1. The van der Waals surface area contributed by atoms with Crippen molar-refractivity contribution in [3.8, 4) is 0 Å². The number of pyridine rings is 1. The highest BCUT2D eigenvalue weighted by Crippen LogP contribution is 2.28. The first-order valence-corrected chi connectivity index (χ1v) is 9.97. The normalized spacial score (nSPS) is 12.1. The summed E-state index contributed by atoms with van der Waals surface area (Å²) in [6.07, 6.45) is -7.43. The second-order valence-corrected chi connectivity index (χ2v) is 7.22. The second kappa shape index (κ2) is 10.3. The Hall–Kier alpha value is -3.68. The number of nitrogens with one attached hydrogen (secondary N) is 1. The van der Waals surface area contributed by atoms with Gasteiger partial charge in [-0.15, -0.1) is 0 Å². The van der Waals surface area contributed by atoms with E-state index in [9.17, 15) is 35.9 Å². The standard InChI is InChI=1S/C21H18F6N4O4/c1-34-19(33)13-9-15-12(10-31(30-15)6-3-7-35-11-20(22,23)24)8-16(13)29-18(32)14-4-2-5-17(28-14)21(25,26)27/h2,4-5,8-10H,3,6-7,11H2,1H3,(H,29,32). The van der Waals surface area contributed by atoms with Crippen molar-refractivity contribution in [2.45, 2.75) is 25.3 Å². The number of nitrogens with zero attached hydrogens (tertiary/aromatic N) is 3. The number of aryl methyl sites for hydroxylation is 1. The van der Waals surface area contributed by atoms with Crippen LogP contribution in [0.5, 0.6) is 0 Å². The van der Waals surface area contributed by atoms with Crippen LogP contribution >= 0.6 is 0 Å². The molecule has 0 bridgehead atoms. The lowest BCUT2D eigenvalue weighted by molar-refractivity contribution is -0.174. The number of rotatable bonds is 8. The Labute approximate surface area is 193 Å². The number of methoxy groups -OCH3 is 1. The summed E-state index contributed by atoms with van der Waals surface area (Å²) in [5, 5.41) is 7.04. The van der Waals surface area contributed by atoms with Crippen molar-refractivity contribution in [2.75, 3.05) is 25.6 Å². The maximum absolute atomic E-state index is 12.9. The number of benzene rings is 1. The van der Waals surface area contributed by atoms with Gasteiger partial charge in [0.25, 0.3) is 5.91 Å². The molecular formula is C21H18F6N4O4. The van der Waals surface area contributed by atoms with Gasteiger partial charge in [0.15, 0.2) is 0 Å². The van der Waals surface area contributed by atoms with E-state index in [1.54, 1.807) is 0 Å². The average molecular weight is 504 g/mol. The highest BCUT2D eigenvalue weighted by atomic mass is 19.4. The number of carbonyl (C=O) groups excluding carboxylic acids is 2. The fourth-order valence-electron chi connectivity index (χ4n) is 3.04. The molecule has 1 N–H and O–H groups in total. The molecule has 0 aliphatic heterocycles. The minimum absolute atomic E-state index is 0.0541. The largest absolute Gasteiger partial charge is 0.465 e. The van der Waals surface area contributed by atoms with E-state index in [4.69, 9.17) is 4.74 Å². The number of aromatic nitrogens is 3. The molecule has 1 aromatic carbocycles. The Kier molecular flexibility index (Phi) is 7.63. The van der Waals surface area contributed by atoms with Crippen LogP contribution in [0.25, 0.3) is 10.9 Å². The monoisotopic (exact) mass is 504 g/mol. The van der Waals surface area contributed by atoms with Crippen LogP contribution in [-0.2, 0) is 22.2 Å². The van der Waals surface area contributed by atoms with Crippen molar-refractivity contribution >= 4 is 28.5 Å². The number of esters is 1. The number of hydrogen-bond acceptors (Lipinski definition) is 6. The fourth-order valence-corrected chi connectivity index (χ4v) is 3.04. The Balaban J connectivity index is 1.81. The van der Waals surface area contributed by atoms with E-state index in [2.05, 4.69) is 20.1 Å². The first-order valence-electron chi connectivity index (χ1n) is 9.97. The molecule has 0 aliphatic rings. The van der Waals surface area contributed by atoms with Gasteiger partial charge in [-0.2, -0.15) is 31.4 Å². The van der Waals surface area contributed by atoms with Crippen LogP contribution in [0.4, 0.5) is 32.0 Å². The topological polar surface area (TPSA) is 95.3 Å². The third kappa shape index (κ3) is 6.91. The Morgan fingerprint density at radius 1 is 1.11 bits per heavy atom. The van der Waals surface area contributed by atoms with Crippen LogP contribution in [0.2, 0.25) is 0 Å². The highest BCUT2D eigenvalue weighted by Gasteiger charge is 2.33. The molecule has 0 saturated carbocycles. The number of fused-ring (bicyclic) bond motifs is 1. The fraction of sp³-hybridized carbons (Fsp3) is 0.333. The molecule has 2 heterocycles. The van der Waals surface area contributed by atoms with E-state index in [1.807, 2.05) is 0 Å². The quantitative estimate of drug-likeness (QED) is 0.277. The zero-order valence-electron chi connectivity index (χ0n) is 18.0. The van der Waals surface area contributed by atoms with Crippen LogP contribution in [-0.4, -0.2) is 53.1 Å². The molecule has 3 rings (SSSR count). The zero-order chi connectivity index (χ0) is 25.8. The molecule has 35 heavy (non-hydrogen) atoms. The number of ether oxygens (including phenoxy) is 2. The molecule has 0 fully saturated rings. The maximum Gasteiger partial charge on any atom is 0.433 e. The smallest absolute Gasteiger partial charge is 0.433 e. The molecule has 14 heteroatoms. The minimum Gasteiger partial charge on any atom is -0.465 e. The van der Waals surface area contributed by atoms with Gasteiger partial charge in [-0.1, -0.05) is 6.07 Å². The van der Waals surface area contributed by atoms with Crippen molar-refractivity contribution in [1.82, 2.24) is 14.8 Å². The van der Waals surface area contributed by atoms with E-state index in [0.717, 1.165) is 19.2 Å². The lowest BCUT2D eigenvalue weighted by Gasteiger charge is -2.11. The molecule has 0 unspecified atom stereocenters. The first-order chi connectivity index (χ1) is 16.4. The molecule has 0 atom stereocenters. The van der Waals surface area contributed by atoms with E-state index >= 15 is 0 Å². The van der Waals surface area contributed by atoms with Gasteiger partial charge < -0.3 is 14.8 Å². The van der Waals surface area contributed by atoms with Gasteiger partial charge in [-0.3, -0.25) is 9.48 Å². The number of halogens is 6. The van der Waals surface area contributed by atoms with Crippen LogP contribution in [0.15, 0.2) is 36.5 Å². The first kappa shape index (κ1) is 25.9. The Bertz CT molecular complexity index is 1220. The summed E-state index contributed by atoms with van der Waals surface area (Å²) >= 11 is 0. The Morgan fingerprint density at radius 3 is 2.51 bits per heavy atom. The molecule has 188 valence electrons. The van der Waals surface area contributed by atoms with Crippen LogP contribution in [0.3, 0.4) is 0 Å². The van der Waals surface area contributed by atoms with E-state index in [1.165, 1.54) is 23.0 Å². The van der Waals surface area contributed by atoms with Gasteiger partial charge in [-0.05, 0) is 30.7 Å². The summed E-state index contributed by atoms with van der Waals surface area (Å²) in [6.45, 7) is -1.31. The van der Waals surface area contributed by atoms with Gasteiger partial charge in [0.05, 0.1) is 23.9 Å².